The number of rotatable bonds is 2. The molecule has 0 radical (unpaired) electrons. The smallest absolute Gasteiger partial charge is 0.320 e. The second-order valence-corrected chi connectivity index (χ2v) is 8.71. The molecule has 2 aliphatic heterocycles. The van der Waals surface area contributed by atoms with Gasteiger partial charge in [0.25, 0.3) is 0 Å². The van der Waals surface area contributed by atoms with Crippen molar-refractivity contribution in [3.8, 4) is 0 Å². The first-order valence-electron chi connectivity index (χ1n) is 7.91. The summed E-state index contributed by atoms with van der Waals surface area (Å²) in [6, 6.07) is 4.81. The Labute approximate surface area is 136 Å². The lowest BCUT2D eigenvalue weighted by atomic mass is 10.2. The molecule has 0 aromatic heterocycles. The van der Waals surface area contributed by atoms with Crippen molar-refractivity contribution in [3.63, 3.8) is 0 Å². The Bertz CT molecular complexity index is 690. The minimum absolute atomic E-state index is 0.0637. The zero-order valence-electron chi connectivity index (χ0n) is 13.1. The highest BCUT2D eigenvalue weighted by Crippen LogP contribution is 2.26. The SMILES string of the molecule is CC1CCN(C(=O)N2CCC(S(=O)(=O)c3ccc(F)cc3)C2)C1. The zero-order valence-corrected chi connectivity index (χ0v) is 13.9. The quantitative estimate of drug-likeness (QED) is 0.775. The van der Waals surface area contributed by atoms with Crippen LogP contribution in [0.4, 0.5) is 9.18 Å². The Kier molecular flexibility index (Phi) is 4.31. The number of benzene rings is 1. The second-order valence-electron chi connectivity index (χ2n) is 6.48. The molecule has 0 bridgehead atoms. The van der Waals surface area contributed by atoms with E-state index in [0.29, 0.717) is 18.9 Å². The maximum Gasteiger partial charge on any atom is 0.320 e. The Morgan fingerprint density at radius 1 is 1.09 bits per heavy atom. The standard InChI is InChI=1S/C16H21FN2O3S/c1-12-6-8-18(10-12)16(20)19-9-7-15(11-19)23(21,22)14-4-2-13(17)3-5-14/h2-5,12,15H,6-11H2,1H3. The van der Waals surface area contributed by atoms with Crippen LogP contribution >= 0.6 is 0 Å². The lowest BCUT2D eigenvalue weighted by Gasteiger charge is -2.24. The normalized spacial score (nSPS) is 25.1. The number of hydrogen-bond donors (Lipinski definition) is 0. The van der Waals surface area contributed by atoms with Crippen molar-refractivity contribution in [2.45, 2.75) is 29.9 Å². The molecule has 0 saturated carbocycles. The zero-order chi connectivity index (χ0) is 16.6. The number of likely N-dealkylation sites (tertiary alicyclic amines) is 2. The van der Waals surface area contributed by atoms with E-state index in [1.807, 2.05) is 0 Å². The van der Waals surface area contributed by atoms with Gasteiger partial charge in [0, 0.05) is 26.2 Å². The van der Waals surface area contributed by atoms with E-state index in [2.05, 4.69) is 6.92 Å². The molecule has 0 spiro atoms. The number of urea groups is 1. The summed E-state index contributed by atoms with van der Waals surface area (Å²) in [4.78, 5) is 16.0. The van der Waals surface area contributed by atoms with Crippen molar-refractivity contribution in [3.05, 3.63) is 30.1 Å². The van der Waals surface area contributed by atoms with Gasteiger partial charge in [-0.1, -0.05) is 6.92 Å². The topological polar surface area (TPSA) is 57.7 Å². The van der Waals surface area contributed by atoms with Crippen molar-refractivity contribution in [1.29, 1.82) is 0 Å². The maximum absolute atomic E-state index is 13.0. The number of halogens is 1. The lowest BCUT2D eigenvalue weighted by Crippen LogP contribution is -2.41. The molecule has 2 fully saturated rings. The van der Waals surface area contributed by atoms with Crippen LogP contribution in [0.5, 0.6) is 0 Å². The number of nitrogens with zero attached hydrogens (tertiary/aromatic N) is 2. The third-order valence-electron chi connectivity index (χ3n) is 4.69. The van der Waals surface area contributed by atoms with Crippen molar-refractivity contribution >= 4 is 15.9 Å². The van der Waals surface area contributed by atoms with Gasteiger partial charge in [-0.15, -0.1) is 0 Å². The van der Waals surface area contributed by atoms with Gasteiger partial charge in [-0.2, -0.15) is 0 Å². The van der Waals surface area contributed by atoms with Crippen molar-refractivity contribution in [1.82, 2.24) is 9.80 Å². The number of carbonyl (C=O) groups excluding carboxylic acids is 1. The summed E-state index contributed by atoms with van der Waals surface area (Å²) in [5.41, 5.74) is 0. The predicted octanol–water partition coefficient (Wildman–Crippen LogP) is 2.14. The third-order valence-corrected chi connectivity index (χ3v) is 6.88. The monoisotopic (exact) mass is 340 g/mol. The Balaban J connectivity index is 1.69. The van der Waals surface area contributed by atoms with Crippen molar-refractivity contribution in [2.75, 3.05) is 26.2 Å². The Morgan fingerprint density at radius 2 is 1.70 bits per heavy atom. The molecule has 1 aromatic carbocycles. The van der Waals surface area contributed by atoms with E-state index in [-0.39, 0.29) is 17.5 Å². The van der Waals surface area contributed by atoms with Gasteiger partial charge in [-0.25, -0.2) is 17.6 Å². The third kappa shape index (κ3) is 3.20. The summed E-state index contributed by atoms with van der Waals surface area (Å²) in [5.74, 6) is 0.0376. The van der Waals surface area contributed by atoms with Crippen LogP contribution in [0.3, 0.4) is 0 Å². The van der Waals surface area contributed by atoms with Crippen LogP contribution < -0.4 is 0 Å². The molecular formula is C16H21FN2O3S. The highest BCUT2D eigenvalue weighted by Gasteiger charge is 2.38. The van der Waals surface area contributed by atoms with Crippen LogP contribution in [0, 0.1) is 11.7 Å². The van der Waals surface area contributed by atoms with Gasteiger partial charge in [0.1, 0.15) is 5.82 Å². The molecule has 2 amide bonds. The minimum Gasteiger partial charge on any atom is -0.324 e. The van der Waals surface area contributed by atoms with Gasteiger partial charge in [-0.3, -0.25) is 0 Å². The molecule has 3 rings (SSSR count). The van der Waals surface area contributed by atoms with Gasteiger partial charge in [0.2, 0.25) is 0 Å². The number of carbonyl (C=O) groups is 1. The lowest BCUT2D eigenvalue weighted by molar-refractivity contribution is 0.171. The van der Waals surface area contributed by atoms with E-state index in [1.54, 1.807) is 9.80 Å². The molecule has 2 atom stereocenters. The van der Waals surface area contributed by atoms with E-state index >= 15 is 0 Å². The Hall–Kier alpha value is -1.63. The van der Waals surface area contributed by atoms with E-state index in [1.165, 1.54) is 12.1 Å². The van der Waals surface area contributed by atoms with Gasteiger partial charge in [0.15, 0.2) is 9.84 Å². The van der Waals surface area contributed by atoms with Crippen LogP contribution in [0.15, 0.2) is 29.2 Å². The molecule has 23 heavy (non-hydrogen) atoms. The molecule has 0 aliphatic carbocycles. The van der Waals surface area contributed by atoms with Crippen LogP contribution in [-0.4, -0.2) is 55.7 Å². The fourth-order valence-electron chi connectivity index (χ4n) is 3.28. The molecular weight excluding hydrogens is 319 g/mol. The summed E-state index contributed by atoms with van der Waals surface area (Å²) < 4.78 is 38.2. The fourth-order valence-corrected chi connectivity index (χ4v) is 4.97. The highest BCUT2D eigenvalue weighted by molar-refractivity contribution is 7.92. The van der Waals surface area contributed by atoms with E-state index < -0.39 is 20.9 Å². The fraction of sp³-hybridized carbons (Fsp3) is 0.562. The van der Waals surface area contributed by atoms with Crippen LogP contribution in [0.25, 0.3) is 0 Å². The molecule has 7 heteroatoms. The van der Waals surface area contributed by atoms with Crippen LogP contribution in [0.1, 0.15) is 19.8 Å². The molecule has 0 N–H and O–H groups in total. The molecule has 2 heterocycles. The van der Waals surface area contributed by atoms with Gasteiger partial charge >= 0.3 is 6.03 Å². The predicted molar refractivity (Wildman–Crippen MR) is 84.3 cm³/mol. The molecule has 2 saturated heterocycles. The average molecular weight is 340 g/mol. The minimum atomic E-state index is -3.54. The molecule has 2 unspecified atom stereocenters. The first kappa shape index (κ1) is 16.2. The van der Waals surface area contributed by atoms with Crippen molar-refractivity contribution < 1.29 is 17.6 Å². The summed E-state index contributed by atoms with van der Waals surface area (Å²) >= 11 is 0. The average Bonchev–Trinajstić information content (AvgIpc) is 3.16. The second kappa shape index (κ2) is 6.11. The Morgan fingerprint density at radius 3 is 2.30 bits per heavy atom. The first-order chi connectivity index (χ1) is 10.9. The van der Waals surface area contributed by atoms with E-state index in [0.717, 1.165) is 31.6 Å². The largest absolute Gasteiger partial charge is 0.324 e. The van der Waals surface area contributed by atoms with Gasteiger partial charge in [0.05, 0.1) is 10.1 Å². The molecule has 2 aliphatic rings. The van der Waals surface area contributed by atoms with Crippen LogP contribution in [-0.2, 0) is 9.84 Å². The number of hydrogen-bond acceptors (Lipinski definition) is 3. The maximum atomic E-state index is 13.0. The summed E-state index contributed by atoms with van der Waals surface area (Å²) in [6.45, 7) is 4.26. The first-order valence-corrected chi connectivity index (χ1v) is 9.46. The molecule has 1 aromatic rings. The number of sulfone groups is 1. The van der Waals surface area contributed by atoms with Gasteiger partial charge < -0.3 is 9.80 Å². The summed E-state index contributed by atoms with van der Waals surface area (Å²) in [6.07, 6.45) is 1.42. The van der Waals surface area contributed by atoms with E-state index in [9.17, 15) is 17.6 Å². The molecule has 126 valence electrons. The summed E-state index contributed by atoms with van der Waals surface area (Å²) in [5, 5.41) is -0.614. The highest BCUT2D eigenvalue weighted by atomic mass is 32.2. The van der Waals surface area contributed by atoms with Crippen LogP contribution in [0.2, 0.25) is 0 Å². The van der Waals surface area contributed by atoms with E-state index in [4.69, 9.17) is 0 Å². The summed E-state index contributed by atoms with van der Waals surface area (Å²) in [7, 11) is -3.54. The van der Waals surface area contributed by atoms with Gasteiger partial charge in [-0.05, 0) is 43.0 Å². The number of amides is 2. The molecule has 5 nitrogen and oxygen atoms in total. The van der Waals surface area contributed by atoms with Crippen molar-refractivity contribution in [2.24, 2.45) is 5.92 Å².